The second kappa shape index (κ2) is 15.0. The van der Waals surface area contributed by atoms with Crippen molar-refractivity contribution in [3.05, 3.63) is 52.7 Å². The molecule has 1 aliphatic carbocycles. The van der Waals surface area contributed by atoms with Gasteiger partial charge in [-0.2, -0.15) is 13.2 Å². The number of Topliss-reactive ketones (excluding diaryl/α,β-unsaturated/α-hetero) is 1. The molecule has 0 unspecified atom stereocenters. The molecule has 2 aliphatic rings. The smallest absolute Gasteiger partial charge is 0.388 e. The van der Waals surface area contributed by atoms with Gasteiger partial charge in [-0.3, -0.25) is 10.1 Å². The van der Waals surface area contributed by atoms with Crippen molar-refractivity contribution in [2.24, 2.45) is 0 Å². The minimum atomic E-state index is -4.88. The van der Waals surface area contributed by atoms with Crippen LogP contribution in [0.1, 0.15) is 71.0 Å². The normalized spacial score (nSPS) is 19.5. The van der Waals surface area contributed by atoms with Gasteiger partial charge in [0, 0.05) is 44.1 Å². The van der Waals surface area contributed by atoms with Crippen molar-refractivity contribution in [2.45, 2.75) is 77.4 Å². The van der Waals surface area contributed by atoms with Gasteiger partial charge in [0.15, 0.2) is 5.78 Å². The van der Waals surface area contributed by atoms with Crippen LogP contribution < -0.4 is 15.4 Å². The molecule has 0 bridgehead atoms. The third-order valence-electron chi connectivity index (χ3n) is 7.74. The molecule has 0 amide bonds. The first kappa shape index (κ1) is 33.6. The van der Waals surface area contributed by atoms with Crippen LogP contribution in [0.5, 0.6) is 0 Å². The molecule has 9 nitrogen and oxygen atoms in total. The van der Waals surface area contributed by atoms with E-state index in [9.17, 15) is 31.6 Å². The summed E-state index contributed by atoms with van der Waals surface area (Å²) in [4.78, 5) is 17.5. The quantitative estimate of drug-likeness (QED) is 0.162. The number of unbranched alkanes of at least 4 members (excludes halogenated alkanes) is 1. The SMILES string of the molecule is CC(=O)[C@H](CCN(CCCCC1=C(\C)CCC2=C(/C=C\1)CCCN2)CCS(C)(=O)=O)Nc1ccnc(C(F)(F)F)[n+]1O. The number of rotatable bonds is 14. The van der Waals surface area contributed by atoms with Crippen molar-refractivity contribution in [1.29, 1.82) is 0 Å². The van der Waals surface area contributed by atoms with Crippen molar-refractivity contribution >= 4 is 21.4 Å². The van der Waals surface area contributed by atoms with E-state index in [4.69, 9.17) is 0 Å². The number of alkyl halides is 3. The Kier molecular flexibility index (Phi) is 12.0. The number of hydrogen-bond donors (Lipinski definition) is 3. The van der Waals surface area contributed by atoms with Gasteiger partial charge in [-0.15, -0.1) is 4.98 Å². The number of nitrogens with zero attached hydrogens (tertiary/aromatic N) is 3. The van der Waals surface area contributed by atoms with Crippen LogP contribution in [0, 0.1) is 0 Å². The van der Waals surface area contributed by atoms with E-state index >= 15 is 0 Å². The molecule has 1 aliphatic heterocycles. The Morgan fingerprint density at radius 2 is 1.95 bits per heavy atom. The molecule has 0 fully saturated rings. The predicted octanol–water partition coefficient (Wildman–Crippen LogP) is 4.21. The van der Waals surface area contributed by atoms with E-state index < -0.39 is 27.9 Å². The van der Waals surface area contributed by atoms with E-state index in [1.54, 1.807) is 0 Å². The summed E-state index contributed by atoms with van der Waals surface area (Å²) in [5.74, 6) is -2.20. The summed E-state index contributed by atoms with van der Waals surface area (Å²) in [7, 11) is -3.22. The Hall–Kier alpha value is -2.93. The van der Waals surface area contributed by atoms with E-state index in [1.807, 2.05) is 4.90 Å². The Morgan fingerprint density at radius 3 is 2.64 bits per heavy atom. The van der Waals surface area contributed by atoms with Crippen LogP contribution >= 0.6 is 0 Å². The number of allylic oxidation sites excluding steroid dienone is 6. The first-order valence-corrected chi connectivity index (χ1v) is 16.5. The number of aromatic nitrogens is 2. The van der Waals surface area contributed by atoms with Gasteiger partial charge in [-0.25, -0.2) is 8.42 Å². The number of sulfone groups is 1. The minimum absolute atomic E-state index is 0.0421. The van der Waals surface area contributed by atoms with Gasteiger partial charge in [0.2, 0.25) is 0 Å². The van der Waals surface area contributed by atoms with Crippen molar-refractivity contribution < 1.29 is 36.3 Å². The zero-order valence-corrected chi connectivity index (χ0v) is 25.5. The first-order valence-electron chi connectivity index (χ1n) is 14.4. The fraction of sp³-hybridized carbons (Fsp3) is 0.621. The van der Waals surface area contributed by atoms with Gasteiger partial charge in [-0.05, 0) is 81.2 Å². The lowest BCUT2D eigenvalue weighted by molar-refractivity contribution is -0.906. The maximum absolute atomic E-state index is 13.1. The fourth-order valence-electron chi connectivity index (χ4n) is 5.20. The third kappa shape index (κ3) is 10.4. The molecule has 13 heteroatoms. The highest BCUT2D eigenvalue weighted by molar-refractivity contribution is 7.90. The average molecular weight is 615 g/mol. The van der Waals surface area contributed by atoms with Crippen molar-refractivity contribution in [3.8, 4) is 0 Å². The topological polar surface area (TPSA) is 116 Å². The fourth-order valence-corrected chi connectivity index (χ4v) is 5.79. The lowest BCUT2D eigenvalue weighted by Gasteiger charge is -2.24. The standard InChI is InChI=1S/C29H42F3N5O4S/c1-21-9-12-26-24(8-6-15-33-26)11-10-23(21)7-4-5-17-36(19-20-42(3,40)41)18-14-25(22(2)38)35-27-13-16-34-28(37(27)39)29(30,31)32/h10-11,13,16,25,33,39H,4-9,12,14-15,17-20H2,1-3H3/p+1/b11-10-,23-21-/t25-/m0/s1. The zero-order valence-electron chi connectivity index (χ0n) is 24.6. The molecule has 2 heterocycles. The van der Waals surface area contributed by atoms with E-state index in [0.29, 0.717) is 13.1 Å². The summed E-state index contributed by atoms with van der Waals surface area (Å²) in [6, 6.07) is 0.254. The van der Waals surface area contributed by atoms with Crippen LogP contribution in [0.3, 0.4) is 0 Å². The number of anilines is 1. The van der Waals surface area contributed by atoms with Crippen molar-refractivity contribution in [2.75, 3.05) is 43.5 Å². The molecule has 3 N–H and O–H groups in total. The number of ketones is 1. The molecule has 42 heavy (non-hydrogen) atoms. The Bertz CT molecular complexity index is 1310. The van der Waals surface area contributed by atoms with E-state index in [1.165, 1.54) is 35.6 Å². The van der Waals surface area contributed by atoms with Crippen LogP contribution in [0.2, 0.25) is 0 Å². The summed E-state index contributed by atoms with van der Waals surface area (Å²) in [6.45, 7) is 5.77. The van der Waals surface area contributed by atoms with Gasteiger partial charge in [0.25, 0.3) is 5.82 Å². The van der Waals surface area contributed by atoms with E-state index in [0.717, 1.165) is 63.8 Å². The third-order valence-corrected chi connectivity index (χ3v) is 8.66. The molecule has 0 radical (unpaired) electrons. The molecule has 0 aromatic carbocycles. The number of nitrogens with one attached hydrogen (secondary N) is 2. The molecule has 1 atom stereocenters. The summed E-state index contributed by atoms with van der Waals surface area (Å²) in [6.07, 6.45) is 8.79. The highest BCUT2D eigenvalue weighted by Crippen LogP contribution is 2.28. The van der Waals surface area contributed by atoms with E-state index in [2.05, 4.69) is 34.7 Å². The Balaban J connectivity index is 1.60. The van der Waals surface area contributed by atoms with Crippen LogP contribution in [0.4, 0.5) is 19.0 Å². The van der Waals surface area contributed by atoms with Crippen LogP contribution in [-0.2, 0) is 20.8 Å². The zero-order chi connectivity index (χ0) is 30.9. The lowest BCUT2D eigenvalue weighted by atomic mass is 9.91. The second-order valence-corrected chi connectivity index (χ2v) is 13.4. The van der Waals surface area contributed by atoms with Gasteiger partial charge < -0.3 is 15.4 Å². The number of carbonyl (C=O) groups is 1. The second-order valence-electron chi connectivity index (χ2n) is 11.2. The summed E-state index contributed by atoms with van der Waals surface area (Å²) in [5, 5.41) is 16.3. The number of halogens is 3. The van der Waals surface area contributed by atoms with Crippen LogP contribution in [0.15, 0.2) is 46.8 Å². The number of carbonyl (C=O) groups excluding carboxylic acids is 1. The van der Waals surface area contributed by atoms with Gasteiger partial charge in [-0.1, -0.05) is 17.7 Å². The molecular weight excluding hydrogens is 571 g/mol. The molecule has 0 saturated carbocycles. The maximum Gasteiger partial charge on any atom is 0.485 e. The first-order chi connectivity index (χ1) is 19.7. The van der Waals surface area contributed by atoms with Crippen LogP contribution in [0.25, 0.3) is 0 Å². The largest absolute Gasteiger partial charge is 0.485 e. The monoisotopic (exact) mass is 614 g/mol. The predicted molar refractivity (Wildman–Crippen MR) is 155 cm³/mol. The minimum Gasteiger partial charge on any atom is -0.388 e. The highest BCUT2D eigenvalue weighted by Gasteiger charge is 2.43. The molecule has 1 aromatic rings. The van der Waals surface area contributed by atoms with Crippen molar-refractivity contribution in [3.63, 3.8) is 0 Å². The summed E-state index contributed by atoms with van der Waals surface area (Å²) in [5.41, 5.74) is 5.46. The van der Waals surface area contributed by atoms with Gasteiger partial charge in [0.05, 0.1) is 5.75 Å². The molecule has 3 rings (SSSR count). The molecular formula is C29H43F3N5O4S+. The summed E-state index contributed by atoms with van der Waals surface area (Å²) < 4.78 is 63.1. The Morgan fingerprint density at radius 1 is 1.19 bits per heavy atom. The van der Waals surface area contributed by atoms with Crippen molar-refractivity contribution in [1.82, 2.24) is 15.2 Å². The maximum atomic E-state index is 13.1. The molecule has 0 spiro atoms. The average Bonchev–Trinajstić information content (AvgIpc) is 2.90. The molecule has 234 valence electrons. The van der Waals surface area contributed by atoms with Crippen LogP contribution in [-0.4, -0.2) is 73.5 Å². The number of hydrogen-bond acceptors (Lipinski definition) is 8. The van der Waals surface area contributed by atoms with Gasteiger partial charge >= 0.3 is 12.0 Å². The van der Waals surface area contributed by atoms with Gasteiger partial charge in [0.1, 0.15) is 22.1 Å². The lowest BCUT2D eigenvalue weighted by Crippen LogP contribution is -2.46. The summed E-state index contributed by atoms with van der Waals surface area (Å²) >= 11 is 0. The molecule has 0 saturated heterocycles. The van der Waals surface area contributed by atoms with E-state index in [-0.39, 0.29) is 35.0 Å². The Labute approximate surface area is 246 Å². The molecule has 1 aromatic heterocycles. The highest BCUT2D eigenvalue weighted by atomic mass is 32.2.